The van der Waals surface area contributed by atoms with Gasteiger partial charge in [0.05, 0.1) is 7.11 Å². The smallest absolute Gasteiger partial charge is 0.248 e. The van der Waals surface area contributed by atoms with Crippen molar-refractivity contribution in [2.75, 3.05) is 7.11 Å². The van der Waals surface area contributed by atoms with Crippen molar-refractivity contribution in [1.82, 2.24) is 0 Å². The minimum Gasteiger partial charge on any atom is -0.497 e. The second-order valence-electron chi connectivity index (χ2n) is 5.35. The van der Waals surface area contributed by atoms with Crippen LogP contribution in [0.1, 0.15) is 80.2 Å². The first-order chi connectivity index (χ1) is 12.3. The molecule has 0 aliphatic heterocycles. The number of halogens is 2. The van der Waals surface area contributed by atoms with E-state index in [4.69, 9.17) is 4.74 Å². The highest BCUT2D eigenvalue weighted by Crippen LogP contribution is 2.27. The van der Waals surface area contributed by atoms with Gasteiger partial charge < -0.3 is 4.74 Å². The number of hydrogen-bond donors (Lipinski definition) is 0. The van der Waals surface area contributed by atoms with E-state index in [0.29, 0.717) is 0 Å². The van der Waals surface area contributed by atoms with Gasteiger partial charge in [-0.25, -0.2) is 8.78 Å². The van der Waals surface area contributed by atoms with Crippen LogP contribution in [0.25, 0.3) is 0 Å². The Labute approximate surface area is 162 Å². The van der Waals surface area contributed by atoms with Crippen LogP contribution in [-0.4, -0.2) is 13.0 Å². The normalized spacial score (nSPS) is 10.0. The standard InChI is InChI=1S/C8H16F2.C8H10O.C3H6.2C2H6/c1-4-7(3)6-8(9,10)5-2;1-7-3-5-8(9-2)6-4-7;1-3-2;2*1-2/h7H,4-6H2,1-3H3;3-6H,1-2H3;3H,1H2,2H3;2*1-2H3. The van der Waals surface area contributed by atoms with Crippen LogP contribution in [0.5, 0.6) is 5.75 Å². The second kappa shape index (κ2) is 23.6. The molecule has 1 atom stereocenters. The largest absolute Gasteiger partial charge is 0.497 e. The average Bonchev–Trinajstić information content (AvgIpc) is 2.66. The number of hydrogen-bond acceptors (Lipinski definition) is 1. The second-order valence-corrected chi connectivity index (χ2v) is 5.35. The van der Waals surface area contributed by atoms with Gasteiger partial charge >= 0.3 is 0 Å². The number of benzene rings is 1. The van der Waals surface area contributed by atoms with Crippen molar-refractivity contribution in [3.05, 3.63) is 42.5 Å². The van der Waals surface area contributed by atoms with Crippen LogP contribution in [0, 0.1) is 12.8 Å². The fourth-order valence-corrected chi connectivity index (χ4v) is 1.47. The lowest BCUT2D eigenvalue weighted by Crippen LogP contribution is -2.17. The SMILES string of the molecule is C=CC.CC.CC.CCC(C)CC(F)(F)CC.COc1ccc(C)cc1. The van der Waals surface area contributed by atoms with E-state index in [1.54, 1.807) is 13.2 Å². The van der Waals surface area contributed by atoms with E-state index in [9.17, 15) is 8.78 Å². The lowest BCUT2D eigenvalue weighted by molar-refractivity contribution is -0.0248. The van der Waals surface area contributed by atoms with Crippen LogP contribution >= 0.6 is 0 Å². The summed E-state index contributed by atoms with van der Waals surface area (Å²) in [6, 6.07) is 7.96. The van der Waals surface area contributed by atoms with E-state index < -0.39 is 5.92 Å². The Morgan fingerprint density at radius 1 is 1.08 bits per heavy atom. The summed E-state index contributed by atoms with van der Waals surface area (Å²) in [7, 11) is 1.67. The van der Waals surface area contributed by atoms with Crippen LogP contribution in [0.4, 0.5) is 8.78 Å². The number of rotatable bonds is 5. The molecule has 0 saturated heterocycles. The van der Waals surface area contributed by atoms with Crippen molar-refractivity contribution in [3.8, 4) is 5.75 Å². The third-order valence-electron chi connectivity index (χ3n) is 3.12. The van der Waals surface area contributed by atoms with Crippen molar-refractivity contribution in [2.24, 2.45) is 5.92 Å². The average molecular weight is 375 g/mol. The van der Waals surface area contributed by atoms with Gasteiger partial charge in [0.2, 0.25) is 5.92 Å². The van der Waals surface area contributed by atoms with Gasteiger partial charge in [-0.3, -0.25) is 0 Å². The molecule has 1 nitrogen and oxygen atoms in total. The van der Waals surface area contributed by atoms with Crippen LogP contribution in [0.15, 0.2) is 36.9 Å². The van der Waals surface area contributed by atoms with E-state index in [-0.39, 0.29) is 18.8 Å². The maximum atomic E-state index is 12.6. The van der Waals surface area contributed by atoms with Gasteiger partial charge in [0.1, 0.15) is 5.75 Å². The van der Waals surface area contributed by atoms with E-state index in [2.05, 4.69) is 13.5 Å². The van der Waals surface area contributed by atoms with Crippen molar-refractivity contribution >= 4 is 0 Å². The van der Waals surface area contributed by atoms with Crippen LogP contribution in [0.3, 0.4) is 0 Å². The van der Waals surface area contributed by atoms with Gasteiger partial charge in [-0.1, -0.05) is 78.7 Å². The summed E-state index contributed by atoms with van der Waals surface area (Å²) < 4.78 is 30.1. The zero-order valence-corrected chi connectivity index (χ0v) is 19.0. The van der Waals surface area contributed by atoms with Gasteiger partial charge in [-0.05, 0) is 31.9 Å². The maximum absolute atomic E-state index is 12.6. The summed E-state index contributed by atoms with van der Waals surface area (Å²) in [5.74, 6) is -1.37. The number of allylic oxidation sites excluding steroid dienone is 1. The van der Waals surface area contributed by atoms with E-state index in [1.165, 1.54) is 12.5 Å². The minimum atomic E-state index is -2.44. The molecule has 0 bridgehead atoms. The van der Waals surface area contributed by atoms with Crippen molar-refractivity contribution in [1.29, 1.82) is 0 Å². The lowest BCUT2D eigenvalue weighted by atomic mass is 9.99. The maximum Gasteiger partial charge on any atom is 0.248 e. The molecule has 0 amide bonds. The van der Waals surface area contributed by atoms with Gasteiger partial charge in [0.25, 0.3) is 0 Å². The monoisotopic (exact) mass is 374 g/mol. The Morgan fingerprint density at radius 3 is 1.73 bits per heavy atom. The molecule has 156 valence electrons. The zero-order valence-electron chi connectivity index (χ0n) is 19.0. The molecule has 1 aromatic carbocycles. The highest BCUT2D eigenvalue weighted by atomic mass is 19.3. The molecule has 3 heteroatoms. The molecule has 0 saturated carbocycles. The first-order valence-corrected chi connectivity index (χ1v) is 9.81. The molecular formula is C23H44F2O. The predicted molar refractivity (Wildman–Crippen MR) is 116 cm³/mol. The summed E-state index contributed by atoms with van der Waals surface area (Å²) in [5.41, 5.74) is 1.26. The highest BCUT2D eigenvalue weighted by Gasteiger charge is 2.27. The van der Waals surface area contributed by atoms with Crippen LogP contribution in [-0.2, 0) is 0 Å². The first kappa shape index (κ1) is 32.3. The summed E-state index contributed by atoms with van der Waals surface area (Å²) >= 11 is 0. The molecule has 1 aromatic rings. The Hall–Kier alpha value is -1.38. The number of aryl methyl sites for hydroxylation is 1. The lowest BCUT2D eigenvalue weighted by Gasteiger charge is -2.17. The molecule has 0 fully saturated rings. The summed E-state index contributed by atoms with van der Waals surface area (Å²) in [5, 5.41) is 0. The van der Waals surface area contributed by atoms with Gasteiger partial charge in [-0.15, -0.1) is 6.58 Å². The van der Waals surface area contributed by atoms with Gasteiger partial charge in [0, 0.05) is 12.8 Å². The summed E-state index contributed by atoms with van der Waals surface area (Å²) in [6.45, 7) is 20.6. The number of ether oxygens (including phenoxy) is 1. The molecule has 0 radical (unpaired) electrons. The molecule has 1 unspecified atom stereocenters. The fourth-order valence-electron chi connectivity index (χ4n) is 1.47. The Morgan fingerprint density at radius 2 is 1.46 bits per heavy atom. The topological polar surface area (TPSA) is 9.23 Å². The summed E-state index contributed by atoms with van der Waals surface area (Å²) in [4.78, 5) is 0. The Kier molecular flexibility index (Phi) is 29.3. The quantitative estimate of drug-likeness (QED) is 0.468. The van der Waals surface area contributed by atoms with Gasteiger partial charge in [-0.2, -0.15) is 0 Å². The minimum absolute atomic E-state index is 0.0304. The molecule has 0 aromatic heterocycles. The Balaban J connectivity index is -0.000000139. The molecule has 26 heavy (non-hydrogen) atoms. The molecule has 0 N–H and O–H groups in total. The molecule has 0 aliphatic rings. The van der Waals surface area contributed by atoms with Gasteiger partial charge in [0.15, 0.2) is 0 Å². The zero-order chi connectivity index (χ0) is 21.6. The van der Waals surface area contributed by atoms with Crippen LogP contribution < -0.4 is 4.74 Å². The third-order valence-corrected chi connectivity index (χ3v) is 3.12. The first-order valence-electron chi connectivity index (χ1n) is 9.81. The van der Waals surface area contributed by atoms with Crippen molar-refractivity contribution in [2.45, 2.75) is 87.5 Å². The van der Waals surface area contributed by atoms with E-state index in [1.807, 2.05) is 72.7 Å². The molecule has 0 spiro atoms. The molecule has 1 rings (SSSR count). The number of methoxy groups -OCH3 is 1. The summed E-state index contributed by atoms with van der Waals surface area (Å²) in [6.07, 6.45) is 2.60. The molecule has 0 heterocycles. The van der Waals surface area contributed by atoms with Crippen molar-refractivity contribution in [3.63, 3.8) is 0 Å². The fraction of sp³-hybridized carbons (Fsp3) is 0.652. The van der Waals surface area contributed by atoms with Crippen LogP contribution in [0.2, 0.25) is 0 Å². The predicted octanol–water partition coefficient (Wildman–Crippen LogP) is 8.72. The highest BCUT2D eigenvalue weighted by molar-refractivity contribution is 5.25. The van der Waals surface area contributed by atoms with E-state index in [0.717, 1.165) is 12.2 Å². The molecular weight excluding hydrogens is 330 g/mol. The van der Waals surface area contributed by atoms with Crippen molar-refractivity contribution < 1.29 is 13.5 Å². The van der Waals surface area contributed by atoms with E-state index >= 15 is 0 Å². The number of alkyl halides is 2. The third kappa shape index (κ3) is 24.9. The Bertz CT molecular complexity index is 372. The molecule has 0 aliphatic carbocycles.